The van der Waals surface area contributed by atoms with E-state index in [2.05, 4.69) is 10.3 Å². The number of carbonyl (C=O) groups excluding carboxylic acids is 1. The Morgan fingerprint density at radius 2 is 1.58 bits per heavy atom. The average molecular weight is 373 g/mol. The van der Waals surface area contributed by atoms with E-state index in [1.54, 1.807) is 28.8 Å². The van der Waals surface area contributed by atoms with Crippen molar-refractivity contribution in [1.29, 1.82) is 0 Å². The van der Waals surface area contributed by atoms with Crippen molar-refractivity contribution in [2.45, 2.75) is 37.1 Å². The molecule has 0 saturated carbocycles. The SMILES string of the molecule is O=C(NCc1ccncc1)c1ccc(S(=O)(=O)N2CCCCCC2)cc1. The number of hydrogen-bond donors (Lipinski definition) is 1. The van der Waals surface area contributed by atoms with Gasteiger partial charge < -0.3 is 5.32 Å². The molecule has 1 aromatic heterocycles. The van der Waals surface area contributed by atoms with Crippen LogP contribution in [0.25, 0.3) is 0 Å². The highest BCUT2D eigenvalue weighted by Gasteiger charge is 2.25. The summed E-state index contributed by atoms with van der Waals surface area (Å²) in [6.45, 7) is 1.53. The van der Waals surface area contributed by atoms with E-state index in [0.29, 0.717) is 25.2 Å². The summed E-state index contributed by atoms with van der Waals surface area (Å²) in [6.07, 6.45) is 7.28. The molecule has 3 rings (SSSR count). The number of amides is 1. The van der Waals surface area contributed by atoms with Crippen molar-refractivity contribution in [3.05, 3.63) is 59.9 Å². The zero-order valence-electron chi connectivity index (χ0n) is 14.6. The summed E-state index contributed by atoms with van der Waals surface area (Å²) in [5.41, 5.74) is 1.39. The van der Waals surface area contributed by atoms with Gasteiger partial charge in [0.15, 0.2) is 0 Å². The third kappa shape index (κ3) is 4.47. The third-order valence-corrected chi connectivity index (χ3v) is 6.43. The third-order valence-electron chi connectivity index (χ3n) is 4.52. The van der Waals surface area contributed by atoms with Crippen LogP contribution in [0.3, 0.4) is 0 Å². The van der Waals surface area contributed by atoms with Gasteiger partial charge in [0.1, 0.15) is 0 Å². The van der Waals surface area contributed by atoms with Crippen LogP contribution >= 0.6 is 0 Å². The van der Waals surface area contributed by atoms with Gasteiger partial charge in [0, 0.05) is 37.6 Å². The molecular formula is C19H23N3O3S. The van der Waals surface area contributed by atoms with Crippen LogP contribution in [0.2, 0.25) is 0 Å². The summed E-state index contributed by atoms with van der Waals surface area (Å²) in [5.74, 6) is -0.236. The molecule has 0 unspecified atom stereocenters. The number of aromatic nitrogens is 1. The molecule has 2 aromatic rings. The molecule has 26 heavy (non-hydrogen) atoms. The lowest BCUT2D eigenvalue weighted by Crippen LogP contribution is -2.32. The van der Waals surface area contributed by atoms with E-state index < -0.39 is 10.0 Å². The minimum atomic E-state index is -3.49. The van der Waals surface area contributed by atoms with Gasteiger partial charge >= 0.3 is 0 Å². The Balaban J connectivity index is 1.66. The Kier molecular flexibility index (Phi) is 6.00. The summed E-state index contributed by atoms with van der Waals surface area (Å²) in [5, 5.41) is 2.82. The second kappa shape index (κ2) is 8.42. The first kappa shape index (κ1) is 18.5. The van der Waals surface area contributed by atoms with Gasteiger partial charge in [0.2, 0.25) is 10.0 Å². The predicted octanol–water partition coefficient (Wildman–Crippen LogP) is 2.58. The maximum absolute atomic E-state index is 12.8. The molecule has 0 aliphatic carbocycles. The van der Waals surface area contributed by atoms with E-state index in [1.165, 1.54) is 12.1 Å². The molecule has 1 aliphatic heterocycles. The molecule has 1 aliphatic rings. The second-order valence-electron chi connectivity index (χ2n) is 6.38. The fourth-order valence-corrected chi connectivity index (χ4v) is 4.51. The van der Waals surface area contributed by atoms with Gasteiger partial charge in [-0.1, -0.05) is 12.8 Å². The van der Waals surface area contributed by atoms with E-state index in [1.807, 2.05) is 12.1 Å². The number of pyridine rings is 1. The van der Waals surface area contributed by atoms with Gasteiger partial charge in [-0.05, 0) is 54.8 Å². The Morgan fingerprint density at radius 3 is 2.19 bits per heavy atom. The summed E-state index contributed by atoms with van der Waals surface area (Å²) in [4.78, 5) is 16.4. The van der Waals surface area contributed by atoms with E-state index in [0.717, 1.165) is 31.2 Å². The van der Waals surface area contributed by atoms with Crippen molar-refractivity contribution in [1.82, 2.24) is 14.6 Å². The van der Waals surface area contributed by atoms with E-state index in [-0.39, 0.29) is 10.8 Å². The Bertz CT molecular complexity index is 828. The van der Waals surface area contributed by atoms with Gasteiger partial charge in [-0.25, -0.2) is 8.42 Å². The first-order valence-corrected chi connectivity index (χ1v) is 10.3. The van der Waals surface area contributed by atoms with Crippen LogP contribution in [-0.4, -0.2) is 36.7 Å². The van der Waals surface area contributed by atoms with Crippen molar-refractivity contribution < 1.29 is 13.2 Å². The maximum atomic E-state index is 12.8. The van der Waals surface area contributed by atoms with Crippen molar-refractivity contribution in [2.75, 3.05) is 13.1 Å². The van der Waals surface area contributed by atoms with Crippen molar-refractivity contribution in [2.24, 2.45) is 0 Å². The largest absolute Gasteiger partial charge is 0.348 e. The number of sulfonamides is 1. The number of benzene rings is 1. The highest BCUT2D eigenvalue weighted by molar-refractivity contribution is 7.89. The van der Waals surface area contributed by atoms with Crippen molar-refractivity contribution >= 4 is 15.9 Å². The second-order valence-corrected chi connectivity index (χ2v) is 8.32. The predicted molar refractivity (Wildman–Crippen MR) is 99.1 cm³/mol. The standard InChI is InChI=1S/C19H23N3O3S/c23-19(21-15-16-9-11-20-12-10-16)17-5-7-18(8-6-17)26(24,25)22-13-3-1-2-4-14-22/h5-12H,1-4,13-15H2,(H,21,23). The molecular weight excluding hydrogens is 350 g/mol. The molecule has 6 nitrogen and oxygen atoms in total. The number of carbonyl (C=O) groups is 1. The summed E-state index contributed by atoms with van der Waals surface area (Å²) < 4.78 is 27.1. The Hall–Kier alpha value is -2.25. The van der Waals surface area contributed by atoms with E-state index in [9.17, 15) is 13.2 Å². The monoisotopic (exact) mass is 373 g/mol. The molecule has 0 atom stereocenters. The van der Waals surface area contributed by atoms with Crippen LogP contribution in [0.15, 0.2) is 53.7 Å². The van der Waals surface area contributed by atoms with E-state index in [4.69, 9.17) is 0 Å². The van der Waals surface area contributed by atoms with Crippen molar-refractivity contribution in [3.8, 4) is 0 Å². The molecule has 1 amide bonds. The van der Waals surface area contributed by atoms with Gasteiger partial charge in [-0.3, -0.25) is 9.78 Å². The lowest BCUT2D eigenvalue weighted by molar-refractivity contribution is 0.0951. The summed E-state index contributed by atoms with van der Waals surface area (Å²) in [6, 6.07) is 9.82. The van der Waals surface area contributed by atoms with Crippen LogP contribution in [0.1, 0.15) is 41.6 Å². The topological polar surface area (TPSA) is 79.4 Å². The van der Waals surface area contributed by atoms with Crippen LogP contribution in [0.4, 0.5) is 0 Å². The molecule has 0 spiro atoms. The number of rotatable bonds is 5. The molecule has 7 heteroatoms. The van der Waals surface area contributed by atoms with Gasteiger partial charge in [-0.15, -0.1) is 0 Å². The van der Waals surface area contributed by atoms with Crippen molar-refractivity contribution in [3.63, 3.8) is 0 Å². The Morgan fingerprint density at radius 1 is 0.962 bits per heavy atom. The maximum Gasteiger partial charge on any atom is 0.251 e. The van der Waals surface area contributed by atoms with Crippen LogP contribution in [0.5, 0.6) is 0 Å². The number of nitrogens with zero attached hydrogens (tertiary/aromatic N) is 2. The lowest BCUT2D eigenvalue weighted by atomic mass is 10.2. The molecule has 138 valence electrons. The minimum Gasteiger partial charge on any atom is -0.348 e. The molecule has 1 fully saturated rings. The zero-order chi connectivity index (χ0) is 18.4. The van der Waals surface area contributed by atoms with Crippen LogP contribution in [-0.2, 0) is 16.6 Å². The molecule has 0 bridgehead atoms. The van der Waals surface area contributed by atoms with Gasteiger partial charge in [0.25, 0.3) is 5.91 Å². The van der Waals surface area contributed by atoms with Crippen LogP contribution < -0.4 is 5.32 Å². The summed E-state index contributed by atoms with van der Waals surface area (Å²) >= 11 is 0. The molecule has 1 saturated heterocycles. The smallest absolute Gasteiger partial charge is 0.251 e. The molecule has 2 heterocycles. The minimum absolute atomic E-state index is 0.236. The van der Waals surface area contributed by atoms with Crippen LogP contribution in [0, 0.1) is 0 Å². The molecule has 1 N–H and O–H groups in total. The fraction of sp³-hybridized carbons (Fsp3) is 0.368. The van der Waals surface area contributed by atoms with Gasteiger partial charge in [0.05, 0.1) is 4.90 Å². The fourth-order valence-electron chi connectivity index (χ4n) is 2.99. The number of hydrogen-bond acceptors (Lipinski definition) is 4. The average Bonchev–Trinajstić information content (AvgIpc) is 2.97. The molecule has 0 radical (unpaired) electrons. The normalized spacial score (nSPS) is 16.0. The summed E-state index contributed by atoms with van der Waals surface area (Å²) in [7, 11) is -3.49. The Labute approximate surface area is 154 Å². The lowest BCUT2D eigenvalue weighted by Gasteiger charge is -2.20. The highest BCUT2D eigenvalue weighted by atomic mass is 32.2. The first-order chi connectivity index (χ1) is 12.6. The van der Waals surface area contributed by atoms with E-state index >= 15 is 0 Å². The quantitative estimate of drug-likeness (QED) is 0.874. The number of nitrogens with one attached hydrogen (secondary N) is 1. The van der Waals surface area contributed by atoms with Gasteiger partial charge in [-0.2, -0.15) is 4.31 Å². The molecule has 1 aromatic carbocycles. The first-order valence-electron chi connectivity index (χ1n) is 8.85. The zero-order valence-corrected chi connectivity index (χ0v) is 15.4. The highest BCUT2D eigenvalue weighted by Crippen LogP contribution is 2.20.